The van der Waals surface area contributed by atoms with Crippen LogP contribution in [0.3, 0.4) is 0 Å². The number of halogens is 1. The molecule has 0 amide bonds. The fourth-order valence-electron chi connectivity index (χ4n) is 2.49. The number of hydrogen-bond acceptors (Lipinski definition) is 1. The van der Waals surface area contributed by atoms with Crippen molar-refractivity contribution in [2.75, 3.05) is 6.61 Å². The second kappa shape index (κ2) is 5.25. The zero-order valence-electron chi connectivity index (χ0n) is 10.2. The van der Waals surface area contributed by atoms with Crippen LogP contribution in [0.2, 0.25) is 0 Å². The second-order valence-electron chi connectivity index (χ2n) is 4.67. The minimum Gasteiger partial charge on any atom is -0.376 e. The van der Waals surface area contributed by atoms with Crippen molar-refractivity contribution in [2.45, 2.75) is 19.4 Å². The lowest BCUT2D eigenvalue weighted by atomic mass is 9.94. The van der Waals surface area contributed by atoms with Gasteiger partial charge in [0, 0.05) is 4.47 Å². The molecule has 1 nitrogen and oxygen atoms in total. The Morgan fingerprint density at radius 2 is 1.94 bits per heavy atom. The Labute approximate surface area is 116 Å². The van der Waals surface area contributed by atoms with E-state index in [0.29, 0.717) is 0 Å². The van der Waals surface area contributed by atoms with E-state index in [9.17, 15) is 0 Å². The van der Waals surface area contributed by atoms with Crippen LogP contribution < -0.4 is 0 Å². The van der Waals surface area contributed by atoms with E-state index in [1.165, 1.54) is 26.7 Å². The fourth-order valence-corrected chi connectivity index (χ4v) is 3.05. The quantitative estimate of drug-likeness (QED) is 0.811. The number of fused-ring (bicyclic) bond motifs is 1. The molecular formula is C16H15BrO. The summed E-state index contributed by atoms with van der Waals surface area (Å²) in [5.74, 6) is 0. The van der Waals surface area contributed by atoms with Gasteiger partial charge >= 0.3 is 0 Å². The molecule has 92 valence electrons. The van der Waals surface area contributed by atoms with Gasteiger partial charge in [0.25, 0.3) is 0 Å². The van der Waals surface area contributed by atoms with Crippen molar-refractivity contribution in [1.82, 2.24) is 0 Å². The molecule has 1 aliphatic rings. The predicted octanol–water partition coefficient (Wildman–Crippen LogP) is 4.11. The Bertz CT molecular complexity index is 549. The lowest BCUT2D eigenvalue weighted by Crippen LogP contribution is -2.12. The Morgan fingerprint density at radius 1 is 1.11 bits per heavy atom. The number of ether oxygens (including phenoxy) is 1. The maximum absolute atomic E-state index is 5.60. The van der Waals surface area contributed by atoms with E-state index in [-0.39, 0.29) is 0 Å². The summed E-state index contributed by atoms with van der Waals surface area (Å²) in [6.07, 6.45) is 2.00. The van der Waals surface area contributed by atoms with Gasteiger partial charge in [-0.25, -0.2) is 0 Å². The lowest BCUT2D eigenvalue weighted by molar-refractivity contribution is 0.110. The Kier molecular flexibility index (Phi) is 3.48. The predicted molar refractivity (Wildman–Crippen MR) is 76.8 cm³/mol. The third-order valence-corrected chi connectivity index (χ3v) is 3.86. The van der Waals surface area contributed by atoms with Gasteiger partial charge in [-0.3, -0.25) is 0 Å². The molecule has 2 heteroatoms. The van der Waals surface area contributed by atoms with Crippen molar-refractivity contribution in [1.29, 1.82) is 0 Å². The van der Waals surface area contributed by atoms with Crippen LogP contribution in [0, 0.1) is 0 Å². The van der Waals surface area contributed by atoms with Gasteiger partial charge in [-0.05, 0) is 47.2 Å². The summed E-state index contributed by atoms with van der Waals surface area (Å²) in [6, 6.07) is 15.1. The molecule has 0 fully saturated rings. The molecule has 3 rings (SSSR count). The zero-order chi connectivity index (χ0) is 12.4. The summed E-state index contributed by atoms with van der Waals surface area (Å²) in [5, 5.41) is 0. The molecule has 0 aromatic heterocycles. The van der Waals surface area contributed by atoms with E-state index < -0.39 is 0 Å². The molecule has 0 unspecified atom stereocenters. The minimum absolute atomic E-state index is 0.755. The molecule has 0 radical (unpaired) electrons. The Hall–Kier alpha value is -1.12. The molecule has 0 bridgehead atoms. The Morgan fingerprint density at radius 3 is 2.78 bits per heavy atom. The standard InChI is InChI=1S/C16H15BrO/c17-15-9-13-6-7-18-11-16(13)14(10-15)8-12-4-2-1-3-5-12/h1-5,9-10H,6-8,11H2. The van der Waals surface area contributed by atoms with E-state index in [4.69, 9.17) is 4.74 Å². The van der Waals surface area contributed by atoms with Crippen LogP contribution >= 0.6 is 15.9 Å². The zero-order valence-corrected chi connectivity index (χ0v) is 11.7. The first-order valence-electron chi connectivity index (χ1n) is 6.25. The number of hydrogen-bond donors (Lipinski definition) is 0. The number of benzene rings is 2. The highest BCUT2D eigenvalue weighted by atomic mass is 79.9. The van der Waals surface area contributed by atoms with Crippen LogP contribution in [0.25, 0.3) is 0 Å². The SMILES string of the molecule is Brc1cc2c(c(Cc3ccccc3)c1)COCC2. The van der Waals surface area contributed by atoms with Gasteiger partial charge < -0.3 is 4.74 Å². The largest absolute Gasteiger partial charge is 0.376 e. The third-order valence-electron chi connectivity index (χ3n) is 3.40. The maximum atomic E-state index is 5.60. The molecule has 1 heterocycles. The third kappa shape index (κ3) is 2.50. The normalized spacial score (nSPS) is 14.3. The first-order chi connectivity index (χ1) is 8.83. The van der Waals surface area contributed by atoms with Gasteiger partial charge in [0.1, 0.15) is 0 Å². The summed E-state index contributed by atoms with van der Waals surface area (Å²) >= 11 is 3.61. The van der Waals surface area contributed by atoms with Gasteiger partial charge in [-0.1, -0.05) is 46.3 Å². The molecule has 0 saturated heterocycles. The van der Waals surface area contributed by atoms with Crippen molar-refractivity contribution in [2.24, 2.45) is 0 Å². The van der Waals surface area contributed by atoms with Crippen molar-refractivity contribution in [3.63, 3.8) is 0 Å². The lowest BCUT2D eigenvalue weighted by Gasteiger charge is -2.20. The molecule has 2 aromatic carbocycles. The highest BCUT2D eigenvalue weighted by molar-refractivity contribution is 9.10. The van der Waals surface area contributed by atoms with Gasteiger partial charge in [0.2, 0.25) is 0 Å². The molecule has 0 N–H and O–H groups in total. The van der Waals surface area contributed by atoms with Crippen LogP contribution in [0.1, 0.15) is 22.3 Å². The van der Waals surface area contributed by atoms with Gasteiger partial charge in [0.05, 0.1) is 13.2 Å². The van der Waals surface area contributed by atoms with Crippen LogP contribution in [0.15, 0.2) is 46.9 Å². The smallest absolute Gasteiger partial charge is 0.0722 e. The van der Waals surface area contributed by atoms with Crippen molar-refractivity contribution in [3.05, 3.63) is 69.2 Å². The maximum Gasteiger partial charge on any atom is 0.0722 e. The summed E-state index contributed by atoms with van der Waals surface area (Å²) in [7, 11) is 0. The molecule has 18 heavy (non-hydrogen) atoms. The van der Waals surface area contributed by atoms with Crippen LogP contribution in [-0.4, -0.2) is 6.61 Å². The van der Waals surface area contributed by atoms with E-state index in [2.05, 4.69) is 58.4 Å². The molecule has 1 aliphatic heterocycles. The Balaban J connectivity index is 1.98. The van der Waals surface area contributed by atoms with E-state index in [0.717, 1.165) is 26.1 Å². The van der Waals surface area contributed by atoms with Gasteiger partial charge in [0.15, 0.2) is 0 Å². The molecular weight excluding hydrogens is 288 g/mol. The summed E-state index contributed by atoms with van der Waals surface area (Å²) in [4.78, 5) is 0. The van der Waals surface area contributed by atoms with E-state index >= 15 is 0 Å². The van der Waals surface area contributed by atoms with Crippen molar-refractivity contribution >= 4 is 15.9 Å². The molecule has 0 saturated carbocycles. The van der Waals surface area contributed by atoms with E-state index in [1.807, 2.05) is 0 Å². The summed E-state index contributed by atoms with van der Waals surface area (Å²) in [5.41, 5.74) is 5.54. The van der Waals surface area contributed by atoms with Crippen LogP contribution in [-0.2, 0) is 24.2 Å². The van der Waals surface area contributed by atoms with Crippen molar-refractivity contribution in [3.8, 4) is 0 Å². The van der Waals surface area contributed by atoms with E-state index in [1.54, 1.807) is 0 Å². The molecule has 0 spiro atoms. The minimum atomic E-state index is 0.755. The molecule has 0 atom stereocenters. The average molecular weight is 303 g/mol. The highest BCUT2D eigenvalue weighted by Gasteiger charge is 2.14. The van der Waals surface area contributed by atoms with Gasteiger partial charge in [-0.2, -0.15) is 0 Å². The monoisotopic (exact) mass is 302 g/mol. The fraction of sp³-hybridized carbons (Fsp3) is 0.250. The first kappa shape index (κ1) is 11.9. The first-order valence-corrected chi connectivity index (χ1v) is 7.04. The molecule has 2 aromatic rings. The van der Waals surface area contributed by atoms with Crippen LogP contribution in [0.5, 0.6) is 0 Å². The average Bonchev–Trinajstić information content (AvgIpc) is 2.40. The number of rotatable bonds is 2. The molecule has 0 aliphatic carbocycles. The summed E-state index contributed by atoms with van der Waals surface area (Å²) in [6.45, 7) is 1.60. The summed E-state index contributed by atoms with van der Waals surface area (Å²) < 4.78 is 6.77. The topological polar surface area (TPSA) is 9.23 Å². The second-order valence-corrected chi connectivity index (χ2v) is 5.58. The van der Waals surface area contributed by atoms with Crippen LogP contribution in [0.4, 0.5) is 0 Å². The van der Waals surface area contributed by atoms with Crippen molar-refractivity contribution < 1.29 is 4.74 Å². The van der Waals surface area contributed by atoms with Gasteiger partial charge in [-0.15, -0.1) is 0 Å². The highest BCUT2D eigenvalue weighted by Crippen LogP contribution is 2.27.